The number of carbonyl (C=O) groups is 3. The molecule has 2 aliphatic heterocycles. The second-order valence-corrected chi connectivity index (χ2v) is 17.1. The zero-order chi connectivity index (χ0) is 44.1. The molecule has 3 heterocycles. The van der Waals surface area contributed by atoms with Gasteiger partial charge in [0.05, 0.1) is 6.61 Å². The third-order valence-corrected chi connectivity index (χ3v) is 13.5. The highest BCUT2D eigenvalue weighted by molar-refractivity contribution is 8.00. The summed E-state index contributed by atoms with van der Waals surface area (Å²) in [6.45, 7) is -0.511. The number of aromatic nitrogens is 1. The number of nitrogens with zero attached hydrogens (tertiary/aromatic N) is 3. The van der Waals surface area contributed by atoms with E-state index >= 15 is 0 Å². The third kappa shape index (κ3) is 7.63. The Morgan fingerprint density at radius 3 is 1.56 bits per heavy atom. The minimum Gasteiger partial charge on any atom is -0.477 e. The maximum absolute atomic E-state index is 14.9. The number of β-lactam (4-membered cyclic amide) rings is 1. The second-order valence-electron chi connectivity index (χ2n) is 15.1. The molecule has 4 N–H and O–H groups in total. The number of aliphatic carboxylic acids is 1. The molecule has 9 rings (SSSR count). The van der Waals surface area contributed by atoms with E-state index in [0.29, 0.717) is 5.13 Å². The number of nitrogens with one attached hydrogen (secondary N) is 2. The molecule has 0 spiro atoms. The predicted octanol–water partition coefficient (Wildman–Crippen LogP) is 7.99. The molecule has 2 amide bonds. The Labute approximate surface area is 377 Å². The van der Waals surface area contributed by atoms with Crippen LogP contribution >= 0.6 is 23.1 Å². The lowest BCUT2D eigenvalue weighted by molar-refractivity contribution is -0.150. The fraction of sp³-hybridized carbons (Fsp3) is 0.118. The molecule has 0 bridgehead atoms. The average molecular weight is 884 g/mol. The Morgan fingerprint density at radius 1 is 0.703 bits per heavy atom. The highest BCUT2D eigenvalue weighted by Gasteiger charge is 2.54. The zero-order valence-corrected chi connectivity index (χ0v) is 35.8. The van der Waals surface area contributed by atoms with E-state index in [1.807, 2.05) is 146 Å². The number of carbonyl (C=O) groups excluding carboxylic acids is 2. The number of oxime groups is 1. The van der Waals surface area contributed by atoms with Crippen LogP contribution in [0, 0.1) is 0 Å². The molecule has 13 heteroatoms. The van der Waals surface area contributed by atoms with Crippen LogP contribution in [0.2, 0.25) is 0 Å². The Morgan fingerprint density at radius 2 is 1.14 bits per heavy atom. The van der Waals surface area contributed by atoms with Crippen molar-refractivity contribution >= 4 is 51.7 Å². The second kappa shape index (κ2) is 18.2. The summed E-state index contributed by atoms with van der Waals surface area (Å²) < 4.78 is 0. The van der Waals surface area contributed by atoms with E-state index in [-0.39, 0.29) is 28.4 Å². The van der Waals surface area contributed by atoms with Crippen molar-refractivity contribution in [2.24, 2.45) is 5.16 Å². The van der Waals surface area contributed by atoms with Gasteiger partial charge >= 0.3 is 5.97 Å². The normalized spacial score (nSPS) is 16.4. The molecule has 1 saturated heterocycles. The Bertz CT molecular complexity index is 2630. The summed E-state index contributed by atoms with van der Waals surface area (Å²) in [6, 6.07) is 57.9. The Hall–Kier alpha value is -7.32. The number of benzene rings is 6. The summed E-state index contributed by atoms with van der Waals surface area (Å²) in [5.74, 6) is -2.54. The van der Waals surface area contributed by atoms with Gasteiger partial charge in [-0.05, 0) is 22.3 Å². The van der Waals surface area contributed by atoms with Crippen molar-refractivity contribution in [1.82, 2.24) is 15.2 Å². The maximum Gasteiger partial charge on any atom is 0.352 e. The number of carboxylic acids is 1. The summed E-state index contributed by atoms with van der Waals surface area (Å²) in [7, 11) is 0. The van der Waals surface area contributed by atoms with Crippen molar-refractivity contribution in [1.29, 1.82) is 0 Å². The van der Waals surface area contributed by atoms with Crippen LogP contribution in [-0.2, 0) is 30.4 Å². The lowest BCUT2D eigenvalue weighted by atomic mass is 9.77. The van der Waals surface area contributed by atoms with E-state index < -0.39 is 46.9 Å². The number of anilines is 1. The summed E-state index contributed by atoms with van der Waals surface area (Å²) in [4.78, 5) is 53.9. The van der Waals surface area contributed by atoms with Crippen molar-refractivity contribution in [2.45, 2.75) is 22.6 Å². The maximum atomic E-state index is 14.9. The van der Waals surface area contributed by atoms with Gasteiger partial charge in [0.25, 0.3) is 11.8 Å². The van der Waals surface area contributed by atoms with Gasteiger partial charge in [0, 0.05) is 27.8 Å². The largest absolute Gasteiger partial charge is 0.477 e. The molecule has 1 aromatic heterocycles. The van der Waals surface area contributed by atoms with Gasteiger partial charge < -0.3 is 25.7 Å². The van der Waals surface area contributed by atoms with Gasteiger partial charge in [0.2, 0.25) is 5.60 Å². The van der Waals surface area contributed by atoms with E-state index in [2.05, 4.69) is 47.0 Å². The smallest absolute Gasteiger partial charge is 0.352 e. The van der Waals surface area contributed by atoms with Crippen LogP contribution in [0.4, 0.5) is 5.13 Å². The zero-order valence-electron chi connectivity index (χ0n) is 34.2. The van der Waals surface area contributed by atoms with Gasteiger partial charge in [-0.2, -0.15) is 0 Å². The van der Waals surface area contributed by atoms with Gasteiger partial charge in [-0.3, -0.25) is 14.5 Å². The average Bonchev–Trinajstić information content (AvgIpc) is 3.82. The number of hydrogen-bond donors (Lipinski definition) is 4. The highest BCUT2D eigenvalue weighted by atomic mass is 32.2. The Balaban J connectivity index is 1.17. The number of rotatable bonds is 15. The molecule has 7 aromatic rings. The van der Waals surface area contributed by atoms with Gasteiger partial charge in [0.1, 0.15) is 28.3 Å². The highest BCUT2D eigenvalue weighted by Crippen LogP contribution is 2.44. The summed E-state index contributed by atoms with van der Waals surface area (Å²) in [5.41, 5.74) is 2.71. The molecule has 64 heavy (non-hydrogen) atoms. The summed E-state index contributed by atoms with van der Waals surface area (Å²) in [6.07, 6.45) is 0. The molecular formula is C51H41N5O6S2. The third-order valence-electron chi connectivity index (χ3n) is 11.4. The molecule has 318 valence electrons. The molecule has 2 atom stereocenters. The number of aliphatic hydroxyl groups excluding tert-OH is 1. The minimum atomic E-state index is -1.36. The number of hydrogen-bond acceptors (Lipinski definition) is 10. The van der Waals surface area contributed by atoms with E-state index in [1.165, 1.54) is 23.1 Å². The first-order valence-electron chi connectivity index (χ1n) is 20.5. The van der Waals surface area contributed by atoms with Crippen molar-refractivity contribution in [3.63, 3.8) is 0 Å². The molecular weight excluding hydrogens is 843 g/mol. The molecule has 11 nitrogen and oxygen atoms in total. The van der Waals surface area contributed by atoms with Crippen LogP contribution in [0.5, 0.6) is 0 Å². The molecule has 0 aliphatic carbocycles. The van der Waals surface area contributed by atoms with Gasteiger partial charge in [-0.1, -0.05) is 187 Å². The van der Waals surface area contributed by atoms with E-state index in [9.17, 15) is 24.6 Å². The van der Waals surface area contributed by atoms with Crippen LogP contribution in [0.3, 0.4) is 0 Å². The lowest BCUT2D eigenvalue weighted by Gasteiger charge is -2.49. The number of amides is 2. The van der Waals surface area contributed by atoms with E-state index in [0.717, 1.165) is 38.3 Å². The summed E-state index contributed by atoms with van der Waals surface area (Å²) in [5, 5.41) is 32.7. The first-order chi connectivity index (χ1) is 31.3. The number of thioether (sulfide) groups is 1. The SMILES string of the molecule is O=C(O)C1=C(CO)CS[C@H]2[C@H](NC(=O)/C(=N\OC(c3ccccc3)(c3ccccc3)c3ccccc3)c3csc(NC(c4ccccc4)(c4ccccc4)c4ccccc4)n3)C(=O)N12. The van der Waals surface area contributed by atoms with Crippen LogP contribution in [0.1, 0.15) is 39.1 Å². The number of thiazole rings is 1. The lowest BCUT2D eigenvalue weighted by Crippen LogP contribution is -2.71. The minimum absolute atomic E-state index is 0.170. The van der Waals surface area contributed by atoms with Gasteiger partial charge in [0.15, 0.2) is 10.8 Å². The first kappa shape index (κ1) is 42.0. The topological polar surface area (TPSA) is 153 Å². The molecule has 6 aromatic carbocycles. The first-order valence-corrected chi connectivity index (χ1v) is 22.4. The van der Waals surface area contributed by atoms with E-state index in [4.69, 9.17) is 15.0 Å². The monoisotopic (exact) mass is 883 g/mol. The predicted molar refractivity (Wildman–Crippen MR) is 249 cm³/mol. The molecule has 2 aliphatic rings. The number of carboxylic acid groups (broad SMARTS) is 1. The van der Waals surface area contributed by atoms with Crippen LogP contribution in [-0.4, -0.2) is 67.4 Å². The fourth-order valence-corrected chi connectivity index (χ4v) is 10.5. The van der Waals surface area contributed by atoms with Gasteiger partial charge in [-0.15, -0.1) is 23.1 Å². The van der Waals surface area contributed by atoms with Crippen molar-refractivity contribution in [2.75, 3.05) is 17.7 Å². The van der Waals surface area contributed by atoms with Crippen LogP contribution in [0.25, 0.3) is 0 Å². The van der Waals surface area contributed by atoms with E-state index in [1.54, 1.807) is 5.38 Å². The molecule has 0 radical (unpaired) electrons. The van der Waals surface area contributed by atoms with Crippen LogP contribution in [0.15, 0.2) is 204 Å². The Kier molecular flexibility index (Phi) is 11.9. The molecule has 1 fully saturated rings. The van der Waals surface area contributed by atoms with Crippen molar-refractivity contribution in [3.8, 4) is 0 Å². The standard InChI is InChI=1S/C51H41N5O6S2/c57-31-34-32-63-47-43(46(59)56(47)44(34)48(60)61)53-45(58)42(55-62-51(38-25-13-4-14-26-38,39-27-15-5-16-28-39)40-29-17-6-18-30-40)41-33-64-49(52-41)54-50(35-19-7-1-8-20-35,36-21-9-2-10-22-36)37-23-11-3-12-24-37/h1-30,33,43,47,57H,31-32H2,(H,52,54)(H,53,58)(H,60,61)/b55-42-/t43-,47+/m1/s1. The summed E-state index contributed by atoms with van der Waals surface area (Å²) >= 11 is 2.54. The van der Waals surface area contributed by atoms with Crippen molar-refractivity contribution in [3.05, 3.63) is 238 Å². The van der Waals surface area contributed by atoms with Crippen molar-refractivity contribution < 1.29 is 29.4 Å². The van der Waals surface area contributed by atoms with Crippen LogP contribution < -0.4 is 10.6 Å². The molecule has 0 unspecified atom stereocenters. The number of fused-ring (bicyclic) bond motifs is 1. The van der Waals surface area contributed by atoms with Gasteiger partial charge in [-0.25, -0.2) is 9.78 Å². The number of aliphatic hydroxyl groups is 1. The molecule has 0 saturated carbocycles. The fourth-order valence-electron chi connectivity index (χ4n) is 8.39. The quantitative estimate of drug-likeness (QED) is 0.0348.